The summed E-state index contributed by atoms with van der Waals surface area (Å²) in [5, 5.41) is 0. The lowest BCUT2D eigenvalue weighted by Crippen LogP contribution is -2.34. The molecule has 0 saturated heterocycles. The first-order valence-electron chi connectivity index (χ1n) is 6.71. The van der Waals surface area contributed by atoms with Gasteiger partial charge in [-0.1, -0.05) is 0 Å². The molecule has 3 N–H and O–H groups in total. The van der Waals surface area contributed by atoms with Crippen LogP contribution in [0.2, 0.25) is 0 Å². The van der Waals surface area contributed by atoms with Gasteiger partial charge in [-0.2, -0.15) is 0 Å². The Kier molecular flexibility index (Phi) is 4.39. The van der Waals surface area contributed by atoms with Crippen molar-refractivity contribution in [3.05, 3.63) is 47.4 Å². The largest absolute Gasteiger partial charge is 0.469 e. The van der Waals surface area contributed by atoms with Crippen molar-refractivity contribution in [1.29, 1.82) is 0 Å². The lowest BCUT2D eigenvalue weighted by Gasteiger charge is -2.15. The zero-order valence-corrected chi connectivity index (χ0v) is 13.2. The van der Waals surface area contributed by atoms with Crippen molar-refractivity contribution in [2.45, 2.75) is 38.1 Å². The molecule has 0 bridgehead atoms. The number of rotatable bonds is 5. The topological polar surface area (TPSA) is 85.3 Å². The Hall–Kier alpha value is -1.79. The molecule has 21 heavy (non-hydrogen) atoms. The van der Waals surface area contributed by atoms with Crippen LogP contribution in [0.15, 0.2) is 39.8 Å². The summed E-state index contributed by atoms with van der Waals surface area (Å²) >= 11 is 0. The first-order valence-corrected chi connectivity index (χ1v) is 8.19. The minimum atomic E-state index is -3.60. The standard InChI is InChI=1S/C15H20N2O3S/c1-10-7-14(9-15(16)12(10)3)21(18,19)17-11(2)8-13-5-4-6-20-13/h4-7,9,11,17H,8,16H2,1-3H3. The molecule has 0 radical (unpaired) electrons. The molecule has 1 aromatic carbocycles. The summed E-state index contributed by atoms with van der Waals surface area (Å²) in [5.74, 6) is 0.741. The third-order valence-corrected chi connectivity index (χ3v) is 5.00. The highest BCUT2D eigenvalue weighted by Gasteiger charge is 2.19. The Morgan fingerprint density at radius 1 is 1.33 bits per heavy atom. The van der Waals surface area contributed by atoms with E-state index in [2.05, 4.69) is 4.72 Å². The van der Waals surface area contributed by atoms with Gasteiger partial charge in [0.25, 0.3) is 0 Å². The van der Waals surface area contributed by atoms with E-state index in [1.807, 2.05) is 19.9 Å². The van der Waals surface area contributed by atoms with Gasteiger partial charge in [0, 0.05) is 18.2 Å². The highest BCUT2D eigenvalue weighted by Crippen LogP contribution is 2.21. The molecular formula is C15H20N2O3S. The second-order valence-corrected chi connectivity index (χ2v) is 6.97. The van der Waals surface area contributed by atoms with Gasteiger partial charge in [-0.25, -0.2) is 13.1 Å². The predicted molar refractivity (Wildman–Crippen MR) is 82.5 cm³/mol. The van der Waals surface area contributed by atoms with Gasteiger partial charge in [-0.05, 0) is 56.2 Å². The quantitative estimate of drug-likeness (QED) is 0.831. The highest BCUT2D eigenvalue weighted by molar-refractivity contribution is 7.89. The summed E-state index contributed by atoms with van der Waals surface area (Å²) in [4.78, 5) is 0.189. The number of aryl methyl sites for hydroxylation is 1. The van der Waals surface area contributed by atoms with Crippen molar-refractivity contribution < 1.29 is 12.8 Å². The Morgan fingerprint density at radius 2 is 2.05 bits per heavy atom. The number of nitrogens with one attached hydrogen (secondary N) is 1. The predicted octanol–water partition coefficient (Wildman–Crippen LogP) is 2.39. The van der Waals surface area contributed by atoms with Crippen LogP contribution in [0.3, 0.4) is 0 Å². The Bertz CT molecular complexity index is 698. The lowest BCUT2D eigenvalue weighted by atomic mass is 10.1. The van der Waals surface area contributed by atoms with Crippen molar-refractivity contribution >= 4 is 15.7 Å². The van der Waals surface area contributed by atoms with E-state index in [-0.39, 0.29) is 10.9 Å². The van der Waals surface area contributed by atoms with Crippen molar-refractivity contribution in [2.24, 2.45) is 0 Å². The van der Waals surface area contributed by atoms with E-state index < -0.39 is 10.0 Å². The van der Waals surface area contributed by atoms with Crippen LogP contribution in [0.25, 0.3) is 0 Å². The van der Waals surface area contributed by atoms with Crippen LogP contribution in [0.4, 0.5) is 5.69 Å². The summed E-state index contributed by atoms with van der Waals surface area (Å²) in [6.07, 6.45) is 2.06. The molecule has 0 aliphatic rings. The highest BCUT2D eigenvalue weighted by atomic mass is 32.2. The van der Waals surface area contributed by atoms with Gasteiger partial charge in [0.05, 0.1) is 11.2 Å². The fourth-order valence-electron chi connectivity index (χ4n) is 2.11. The Balaban J connectivity index is 2.18. The van der Waals surface area contributed by atoms with Gasteiger partial charge in [-0.3, -0.25) is 0 Å². The van der Waals surface area contributed by atoms with Gasteiger partial charge in [-0.15, -0.1) is 0 Å². The van der Waals surface area contributed by atoms with Crippen LogP contribution in [-0.4, -0.2) is 14.5 Å². The Labute approximate surface area is 125 Å². The molecule has 114 valence electrons. The van der Waals surface area contributed by atoms with E-state index in [0.717, 1.165) is 16.9 Å². The summed E-state index contributed by atoms with van der Waals surface area (Å²) < 4.78 is 32.6. The summed E-state index contributed by atoms with van der Waals surface area (Å²) in [6, 6.07) is 6.45. The number of furan rings is 1. The second kappa shape index (κ2) is 5.91. The molecule has 0 aliphatic carbocycles. The van der Waals surface area contributed by atoms with E-state index in [9.17, 15) is 8.42 Å². The van der Waals surface area contributed by atoms with E-state index in [0.29, 0.717) is 12.1 Å². The number of nitrogen functional groups attached to an aromatic ring is 1. The maximum absolute atomic E-state index is 12.4. The van der Waals surface area contributed by atoms with E-state index in [1.54, 1.807) is 25.3 Å². The number of nitrogens with two attached hydrogens (primary N) is 1. The zero-order valence-electron chi connectivity index (χ0n) is 12.4. The van der Waals surface area contributed by atoms with Crippen molar-refractivity contribution in [1.82, 2.24) is 4.72 Å². The molecule has 1 aromatic heterocycles. The van der Waals surface area contributed by atoms with Crippen LogP contribution in [0.5, 0.6) is 0 Å². The van der Waals surface area contributed by atoms with Crippen LogP contribution >= 0.6 is 0 Å². The monoisotopic (exact) mass is 308 g/mol. The molecule has 2 aromatic rings. The molecule has 0 amide bonds. The van der Waals surface area contributed by atoms with Crippen LogP contribution < -0.4 is 10.5 Å². The molecule has 0 fully saturated rings. The average molecular weight is 308 g/mol. The fraction of sp³-hybridized carbons (Fsp3) is 0.333. The van der Waals surface area contributed by atoms with Gasteiger partial charge in [0.1, 0.15) is 5.76 Å². The first-order chi connectivity index (χ1) is 9.79. The van der Waals surface area contributed by atoms with E-state index in [4.69, 9.17) is 10.2 Å². The molecule has 5 nitrogen and oxygen atoms in total. The number of sulfonamides is 1. The SMILES string of the molecule is Cc1cc(S(=O)(=O)NC(C)Cc2ccco2)cc(N)c1C. The summed E-state index contributed by atoms with van der Waals surface area (Å²) in [5.41, 5.74) is 8.09. The minimum absolute atomic E-state index is 0.189. The summed E-state index contributed by atoms with van der Waals surface area (Å²) in [7, 11) is -3.60. The molecule has 1 atom stereocenters. The van der Waals surface area contributed by atoms with Gasteiger partial charge in [0.2, 0.25) is 10.0 Å². The van der Waals surface area contributed by atoms with Crippen molar-refractivity contribution in [3.63, 3.8) is 0 Å². The maximum atomic E-state index is 12.4. The minimum Gasteiger partial charge on any atom is -0.469 e. The Morgan fingerprint density at radius 3 is 2.62 bits per heavy atom. The smallest absolute Gasteiger partial charge is 0.240 e. The number of benzene rings is 1. The third kappa shape index (κ3) is 3.65. The molecule has 0 aliphatic heterocycles. The number of hydrogen-bond donors (Lipinski definition) is 2. The molecular weight excluding hydrogens is 288 g/mol. The van der Waals surface area contributed by atoms with Crippen molar-refractivity contribution in [3.8, 4) is 0 Å². The summed E-state index contributed by atoms with van der Waals surface area (Å²) in [6.45, 7) is 5.51. The average Bonchev–Trinajstić information content (AvgIpc) is 2.87. The van der Waals surface area contributed by atoms with Crippen molar-refractivity contribution in [2.75, 3.05) is 5.73 Å². The third-order valence-electron chi connectivity index (χ3n) is 3.44. The molecule has 6 heteroatoms. The lowest BCUT2D eigenvalue weighted by molar-refractivity contribution is 0.479. The van der Waals surface area contributed by atoms with Crippen LogP contribution in [-0.2, 0) is 16.4 Å². The maximum Gasteiger partial charge on any atom is 0.240 e. The first kappa shape index (κ1) is 15.6. The van der Waals surface area contributed by atoms with Crippen LogP contribution in [0.1, 0.15) is 23.8 Å². The number of anilines is 1. The molecule has 1 unspecified atom stereocenters. The van der Waals surface area contributed by atoms with E-state index in [1.165, 1.54) is 6.07 Å². The number of hydrogen-bond acceptors (Lipinski definition) is 4. The molecule has 1 heterocycles. The van der Waals surface area contributed by atoms with Gasteiger partial charge >= 0.3 is 0 Å². The fourth-order valence-corrected chi connectivity index (χ4v) is 3.48. The van der Waals surface area contributed by atoms with E-state index >= 15 is 0 Å². The zero-order chi connectivity index (χ0) is 15.6. The van der Waals surface area contributed by atoms with Gasteiger partial charge in [0.15, 0.2) is 0 Å². The normalized spacial score (nSPS) is 13.3. The second-order valence-electron chi connectivity index (χ2n) is 5.26. The molecule has 0 spiro atoms. The van der Waals surface area contributed by atoms with Gasteiger partial charge < -0.3 is 10.2 Å². The molecule has 0 saturated carbocycles. The van der Waals surface area contributed by atoms with Crippen LogP contribution in [0, 0.1) is 13.8 Å². The molecule has 2 rings (SSSR count).